The molecule has 0 aliphatic rings. The van der Waals surface area contributed by atoms with Gasteiger partial charge in [0.2, 0.25) is 5.89 Å². The monoisotopic (exact) mass is 236 g/mol. The molecule has 88 valence electrons. The van der Waals surface area contributed by atoms with Crippen LogP contribution in [0.2, 0.25) is 0 Å². The zero-order valence-electron chi connectivity index (χ0n) is 9.71. The highest BCUT2D eigenvalue weighted by molar-refractivity contribution is 5.76. The molecule has 0 fully saturated rings. The second-order valence-electron chi connectivity index (χ2n) is 4.02. The van der Waals surface area contributed by atoms with Gasteiger partial charge >= 0.3 is 0 Å². The van der Waals surface area contributed by atoms with Crippen LogP contribution in [0.1, 0.15) is 11.5 Å². The van der Waals surface area contributed by atoms with Crippen LogP contribution in [-0.2, 0) is 0 Å². The third-order valence-corrected chi connectivity index (χ3v) is 2.67. The zero-order valence-corrected chi connectivity index (χ0v) is 9.71. The maximum absolute atomic E-state index is 5.63. The number of nitrogens with zero attached hydrogens (tertiary/aromatic N) is 1. The van der Waals surface area contributed by atoms with Crippen LogP contribution in [0.5, 0.6) is 0 Å². The molecule has 0 aliphatic heterocycles. The molecule has 3 heteroatoms. The summed E-state index contributed by atoms with van der Waals surface area (Å²) in [7, 11) is 0. The molecule has 18 heavy (non-hydrogen) atoms. The molecule has 0 aliphatic carbocycles. The maximum Gasteiger partial charge on any atom is 0.220 e. The van der Waals surface area contributed by atoms with E-state index in [1.54, 1.807) is 0 Å². The van der Waals surface area contributed by atoms with E-state index in [-0.39, 0.29) is 0 Å². The first kappa shape index (κ1) is 10.6. The zero-order chi connectivity index (χ0) is 12.4. The van der Waals surface area contributed by atoms with Gasteiger partial charge in [-0.3, -0.25) is 0 Å². The molecule has 0 radical (unpaired) electrons. The lowest BCUT2D eigenvalue weighted by Gasteiger charge is -1.93. The highest BCUT2D eigenvalue weighted by Crippen LogP contribution is 2.16. The van der Waals surface area contributed by atoms with E-state index in [2.05, 4.69) is 4.98 Å². The fourth-order valence-corrected chi connectivity index (χ4v) is 1.74. The molecular weight excluding hydrogens is 224 g/mol. The number of hydrogen-bond acceptors (Lipinski definition) is 3. The lowest BCUT2D eigenvalue weighted by atomic mass is 10.2. The summed E-state index contributed by atoms with van der Waals surface area (Å²) in [5, 5.41) is 0. The molecule has 0 bridgehead atoms. The van der Waals surface area contributed by atoms with E-state index in [1.165, 1.54) is 0 Å². The number of rotatable bonds is 2. The number of aromatic nitrogens is 1. The molecule has 3 nitrogen and oxygen atoms in total. The summed E-state index contributed by atoms with van der Waals surface area (Å²) in [5.74, 6) is 0.605. The number of fused-ring (bicyclic) bond motifs is 1. The molecule has 3 rings (SSSR count). The lowest BCUT2D eigenvalue weighted by Crippen LogP contribution is -1.82. The van der Waals surface area contributed by atoms with E-state index in [1.807, 2.05) is 60.7 Å². The molecule has 0 saturated carbocycles. The Bertz CT molecular complexity index is 663. The van der Waals surface area contributed by atoms with Gasteiger partial charge in [0.05, 0.1) is 0 Å². The van der Waals surface area contributed by atoms with Crippen molar-refractivity contribution >= 4 is 28.9 Å². The molecule has 2 aromatic carbocycles. The van der Waals surface area contributed by atoms with E-state index < -0.39 is 0 Å². The molecule has 0 atom stereocenters. The number of nitrogens with two attached hydrogens (primary N) is 1. The predicted molar refractivity (Wildman–Crippen MR) is 73.8 cm³/mol. The fraction of sp³-hybridized carbons (Fsp3) is 0. The summed E-state index contributed by atoms with van der Waals surface area (Å²) >= 11 is 0. The van der Waals surface area contributed by atoms with Gasteiger partial charge < -0.3 is 10.2 Å². The summed E-state index contributed by atoms with van der Waals surface area (Å²) < 4.78 is 5.59. The molecule has 0 spiro atoms. The Kier molecular flexibility index (Phi) is 2.57. The van der Waals surface area contributed by atoms with Gasteiger partial charge in [-0.25, -0.2) is 4.98 Å². The summed E-state index contributed by atoms with van der Waals surface area (Å²) in [4.78, 5) is 4.37. The third-order valence-electron chi connectivity index (χ3n) is 2.67. The van der Waals surface area contributed by atoms with Crippen LogP contribution < -0.4 is 5.73 Å². The fourth-order valence-electron chi connectivity index (χ4n) is 1.74. The van der Waals surface area contributed by atoms with E-state index in [0.717, 1.165) is 22.4 Å². The second kappa shape index (κ2) is 4.37. The van der Waals surface area contributed by atoms with Gasteiger partial charge in [0.15, 0.2) is 5.58 Å². The van der Waals surface area contributed by atoms with Gasteiger partial charge in [-0.1, -0.05) is 24.3 Å². The third kappa shape index (κ3) is 2.11. The molecular formula is C15H12N2O. The summed E-state index contributed by atoms with van der Waals surface area (Å²) in [6, 6.07) is 15.3. The average Bonchev–Trinajstić information content (AvgIpc) is 2.81. The minimum Gasteiger partial charge on any atom is -0.437 e. The average molecular weight is 236 g/mol. The Morgan fingerprint density at radius 1 is 0.944 bits per heavy atom. The van der Waals surface area contributed by atoms with Crippen molar-refractivity contribution in [2.75, 3.05) is 5.73 Å². The molecule has 0 saturated heterocycles. The number of oxazole rings is 1. The highest BCUT2D eigenvalue weighted by atomic mass is 16.3. The topological polar surface area (TPSA) is 52.0 Å². The van der Waals surface area contributed by atoms with Gasteiger partial charge in [0.1, 0.15) is 5.52 Å². The standard InChI is InChI=1S/C15H12N2O/c16-12-8-5-11(6-9-12)7-10-15-17-13-3-1-2-4-14(13)18-15/h1-10H,16H2. The normalized spacial score (nSPS) is 11.3. The number of benzene rings is 2. The van der Waals surface area contributed by atoms with Crippen molar-refractivity contribution < 1.29 is 4.42 Å². The van der Waals surface area contributed by atoms with E-state index in [9.17, 15) is 0 Å². The second-order valence-corrected chi connectivity index (χ2v) is 4.02. The van der Waals surface area contributed by atoms with E-state index in [4.69, 9.17) is 10.2 Å². The number of para-hydroxylation sites is 2. The first-order valence-electron chi connectivity index (χ1n) is 5.70. The minimum atomic E-state index is 0.605. The Labute approximate surface area is 105 Å². The first-order valence-corrected chi connectivity index (χ1v) is 5.70. The van der Waals surface area contributed by atoms with Crippen LogP contribution in [0.3, 0.4) is 0 Å². The molecule has 0 amide bonds. The molecule has 2 N–H and O–H groups in total. The van der Waals surface area contributed by atoms with Gasteiger partial charge in [-0.05, 0) is 35.9 Å². The van der Waals surface area contributed by atoms with Crippen LogP contribution in [-0.4, -0.2) is 4.98 Å². The SMILES string of the molecule is Nc1ccc(C=Cc2nc3ccccc3o2)cc1. The Morgan fingerprint density at radius 3 is 2.50 bits per heavy atom. The van der Waals surface area contributed by atoms with Crippen LogP contribution in [0.4, 0.5) is 5.69 Å². The van der Waals surface area contributed by atoms with Gasteiger partial charge in [-0.15, -0.1) is 0 Å². The molecule has 0 unspecified atom stereocenters. The smallest absolute Gasteiger partial charge is 0.220 e. The summed E-state index contributed by atoms with van der Waals surface area (Å²) in [6.07, 6.45) is 3.80. The Morgan fingerprint density at radius 2 is 1.72 bits per heavy atom. The lowest BCUT2D eigenvalue weighted by molar-refractivity contribution is 0.590. The van der Waals surface area contributed by atoms with Crippen molar-refractivity contribution in [2.45, 2.75) is 0 Å². The quantitative estimate of drug-likeness (QED) is 0.692. The molecule has 3 aromatic rings. The van der Waals surface area contributed by atoms with Crippen LogP contribution in [0.15, 0.2) is 52.9 Å². The van der Waals surface area contributed by atoms with Gasteiger partial charge in [0.25, 0.3) is 0 Å². The minimum absolute atomic E-state index is 0.605. The van der Waals surface area contributed by atoms with Crippen molar-refractivity contribution in [1.29, 1.82) is 0 Å². The summed E-state index contributed by atoms with van der Waals surface area (Å²) in [5.41, 5.74) is 9.12. The first-order chi connectivity index (χ1) is 8.81. The van der Waals surface area contributed by atoms with Crippen molar-refractivity contribution in [3.05, 3.63) is 60.0 Å². The number of nitrogen functional groups attached to an aromatic ring is 1. The Balaban J connectivity index is 1.89. The Hall–Kier alpha value is -2.55. The number of hydrogen-bond donors (Lipinski definition) is 1. The predicted octanol–water partition coefficient (Wildman–Crippen LogP) is 3.58. The van der Waals surface area contributed by atoms with Crippen molar-refractivity contribution in [1.82, 2.24) is 4.98 Å². The van der Waals surface area contributed by atoms with E-state index >= 15 is 0 Å². The highest BCUT2D eigenvalue weighted by Gasteiger charge is 2.00. The molecule has 1 heterocycles. The number of anilines is 1. The molecule has 1 aromatic heterocycles. The van der Waals surface area contributed by atoms with Crippen LogP contribution in [0, 0.1) is 0 Å². The van der Waals surface area contributed by atoms with Crippen LogP contribution >= 0.6 is 0 Å². The van der Waals surface area contributed by atoms with Gasteiger partial charge in [0, 0.05) is 11.8 Å². The van der Waals surface area contributed by atoms with E-state index in [0.29, 0.717) is 5.89 Å². The van der Waals surface area contributed by atoms with Crippen molar-refractivity contribution in [3.8, 4) is 0 Å². The maximum atomic E-state index is 5.63. The van der Waals surface area contributed by atoms with Crippen molar-refractivity contribution in [2.24, 2.45) is 0 Å². The van der Waals surface area contributed by atoms with Crippen LogP contribution in [0.25, 0.3) is 23.3 Å². The largest absolute Gasteiger partial charge is 0.437 e. The summed E-state index contributed by atoms with van der Waals surface area (Å²) in [6.45, 7) is 0. The van der Waals surface area contributed by atoms with Crippen molar-refractivity contribution in [3.63, 3.8) is 0 Å². The van der Waals surface area contributed by atoms with Gasteiger partial charge in [-0.2, -0.15) is 0 Å².